The smallest absolute Gasteiger partial charge is 0.241 e. The Bertz CT molecular complexity index is 1100. The molecule has 3 aromatic rings. The van der Waals surface area contributed by atoms with E-state index >= 15 is 0 Å². The number of benzene rings is 2. The number of hydrogen-bond acceptors (Lipinski definition) is 6. The van der Waals surface area contributed by atoms with E-state index in [0.717, 1.165) is 37.1 Å². The standard InChI is InChI=1S/C25H28ClFN4O2S/c1-17-5-2-3-6-19(17)24-29-23(33-30-24)15-31-12-9-18(10-13-31)25(32)28-11-14-34-16-20-21(26)7-4-8-22(20)27/h2-8,18H,9-16H2,1H3,(H,28,32). The Kier molecular flexibility index (Phi) is 8.59. The van der Waals surface area contributed by atoms with Crippen LogP contribution in [0.1, 0.15) is 29.9 Å². The summed E-state index contributed by atoms with van der Waals surface area (Å²) >= 11 is 7.61. The zero-order valence-electron chi connectivity index (χ0n) is 19.1. The van der Waals surface area contributed by atoms with Gasteiger partial charge < -0.3 is 9.84 Å². The molecule has 1 aromatic heterocycles. The first kappa shape index (κ1) is 24.7. The van der Waals surface area contributed by atoms with Crippen LogP contribution in [0.3, 0.4) is 0 Å². The van der Waals surface area contributed by atoms with E-state index in [2.05, 4.69) is 20.4 Å². The molecule has 1 N–H and O–H groups in total. The highest BCUT2D eigenvalue weighted by Gasteiger charge is 2.26. The Morgan fingerprint density at radius 1 is 1.24 bits per heavy atom. The molecule has 1 fully saturated rings. The minimum atomic E-state index is -0.289. The first-order valence-corrected chi connectivity index (χ1v) is 12.9. The number of carbonyl (C=O) groups is 1. The van der Waals surface area contributed by atoms with Crippen LogP contribution in [0.2, 0.25) is 5.02 Å². The average Bonchev–Trinajstić information content (AvgIpc) is 3.29. The first-order valence-electron chi connectivity index (χ1n) is 11.4. The highest BCUT2D eigenvalue weighted by molar-refractivity contribution is 7.98. The lowest BCUT2D eigenvalue weighted by atomic mass is 9.96. The van der Waals surface area contributed by atoms with Crippen molar-refractivity contribution in [3.8, 4) is 11.4 Å². The van der Waals surface area contributed by atoms with Crippen LogP contribution in [0.5, 0.6) is 0 Å². The number of amides is 1. The fourth-order valence-electron chi connectivity index (χ4n) is 4.03. The molecule has 0 radical (unpaired) electrons. The van der Waals surface area contributed by atoms with Crippen LogP contribution in [0, 0.1) is 18.7 Å². The van der Waals surface area contributed by atoms with Crippen molar-refractivity contribution in [1.29, 1.82) is 0 Å². The number of nitrogens with one attached hydrogen (secondary N) is 1. The van der Waals surface area contributed by atoms with Crippen LogP contribution in [0.15, 0.2) is 47.0 Å². The molecule has 1 aliphatic heterocycles. The van der Waals surface area contributed by atoms with Crippen molar-refractivity contribution < 1.29 is 13.7 Å². The zero-order valence-corrected chi connectivity index (χ0v) is 20.7. The topological polar surface area (TPSA) is 71.3 Å². The van der Waals surface area contributed by atoms with Crippen LogP contribution < -0.4 is 5.32 Å². The van der Waals surface area contributed by atoms with E-state index in [-0.39, 0.29) is 17.6 Å². The van der Waals surface area contributed by atoms with Crippen LogP contribution >= 0.6 is 23.4 Å². The van der Waals surface area contributed by atoms with E-state index < -0.39 is 0 Å². The van der Waals surface area contributed by atoms with Gasteiger partial charge in [-0.15, -0.1) is 0 Å². The van der Waals surface area contributed by atoms with E-state index in [4.69, 9.17) is 16.1 Å². The minimum absolute atomic E-state index is 0.00692. The minimum Gasteiger partial charge on any atom is -0.355 e. The van der Waals surface area contributed by atoms with Gasteiger partial charge in [-0.05, 0) is 50.6 Å². The third-order valence-corrected chi connectivity index (χ3v) is 7.36. The summed E-state index contributed by atoms with van der Waals surface area (Å²) in [6, 6.07) is 12.7. The molecule has 1 saturated heterocycles. The number of aryl methyl sites for hydroxylation is 1. The zero-order chi connectivity index (χ0) is 23.9. The molecular formula is C25H28ClFN4O2S. The number of carbonyl (C=O) groups excluding carboxylic acids is 1. The maximum atomic E-state index is 13.8. The number of halogens is 2. The van der Waals surface area contributed by atoms with E-state index in [0.29, 0.717) is 46.9 Å². The van der Waals surface area contributed by atoms with Gasteiger partial charge in [0.2, 0.25) is 17.6 Å². The molecule has 0 bridgehead atoms. The highest BCUT2D eigenvalue weighted by Crippen LogP contribution is 2.24. The van der Waals surface area contributed by atoms with Gasteiger partial charge in [0.15, 0.2) is 0 Å². The number of nitrogens with zero attached hydrogens (tertiary/aromatic N) is 3. The Balaban J connectivity index is 1.16. The molecule has 2 heterocycles. The van der Waals surface area contributed by atoms with E-state index in [1.165, 1.54) is 6.07 Å². The quantitative estimate of drug-likeness (QED) is 0.410. The van der Waals surface area contributed by atoms with Crippen LogP contribution in [0.25, 0.3) is 11.4 Å². The monoisotopic (exact) mass is 502 g/mol. The fourth-order valence-corrected chi connectivity index (χ4v) is 5.23. The number of aromatic nitrogens is 2. The number of thioether (sulfide) groups is 1. The molecule has 0 saturated carbocycles. The van der Waals surface area contributed by atoms with Crippen molar-refractivity contribution in [3.05, 3.63) is 70.3 Å². The Labute approximate surface area is 208 Å². The lowest BCUT2D eigenvalue weighted by Gasteiger charge is -2.30. The van der Waals surface area contributed by atoms with Gasteiger partial charge in [-0.1, -0.05) is 47.1 Å². The second kappa shape index (κ2) is 11.8. The number of hydrogen-bond donors (Lipinski definition) is 1. The Hall–Kier alpha value is -2.42. The normalized spacial score (nSPS) is 14.9. The molecule has 6 nitrogen and oxygen atoms in total. The SMILES string of the molecule is Cc1ccccc1-c1noc(CN2CCC(C(=O)NCCSCc3c(F)cccc3Cl)CC2)n1. The van der Waals surface area contributed by atoms with Crippen LogP contribution in [-0.2, 0) is 17.1 Å². The van der Waals surface area contributed by atoms with Gasteiger partial charge in [0, 0.05) is 40.1 Å². The first-order chi connectivity index (χ1) is 16.5. The summed E-state index contributed by atoms with van der Waals surface area (Å²) in [7, 11) is 0. The van der Waals surface area contributed by atoms with Crippen molar-refractivity contribution in [1.82, 2.24) is 20.4 Å². The van der Waals surface area contributed by atoms with Crippen LogP contribution in [0.4, 0.5) is 4.39 Å². The van der Waals surface area contributed by atoms with Gasteiger partial charge >= 0.3 is 0 Å². The van der Waals surface area contributed by atoms with Crippen molar-refractivity contribution in [3.63, 3.8) is 0 Å². The molecule has 34 heavy (non-hydrogen) atoms. The van der Waals surface area contributed by atoms with Crippen LogP contribution in [-0.4, -0.2) is 46.3 Å². The van der Waals surface area contributed by atoms with Crippen molar-refractivity contribution in [2.45, 2.75) is 32.1 Å². The summed E-state index contributed by atoms with van der Waals surface area (Å²) in [6.07, 6.45) is 1.59. The van der Waals surface area contributed by atoms with Crippen molar-refractivity contribution >= 4 is 29.3 Å². The molecular weight excluding hydrogens is 475 g/mol. The number of rotatable bonds is 9. The maximum absolute atomic E-state index is 13.8. The molecule has 180 valence electrons. The summed E-state index contributed by atoms with van der Waals surface area (Å²) < 4.78 is 19.3. The summed E-state index contributed by atoms with van der Waals surface area (Å²) in [5.41, 5.74) is 2.60. The van der Waals surface area contributed by atoms with Gasteiger partial charge in [0.1, 0.15) is 5.82 Å². The lowest BCUT2D eigenvalue weighted by molar-refractivity contribution is -0.126. The molecule has 0 unspecified atom stereocenters. The van der Waals surface area contributed by atoms with E-state index in [1.807, 2.05) is 31.2 Å². The second-order valence-electron chi connectivity index (χ2n) is 8.42. The predicted molar refractivity (Wildman–Crippen MR) is 133 cm³/mol. The largest absolute Gasteiger partial charge is 0.355 e. The lowest BCUT2D eigenvalue weighted by Crippen LogP contribution is -2.40. The number of likely N-dealkylation sites (tertiary alicyclic amines) is 1. The summed E-state index contributed by atoms with van der Waals surface area (Å²) in [6.45, 7) is 4.78. The fraction of sp³-hybridized carbons (Fsp3) is 0.400. The molecule has 9 heteroatoms. The second-order valence-corrected chi connectivity index (χ2v) is 9.93. The average molecular weight is 503 g/mol. The summed E-state index contributed by atoms with van der Waals surface area (Å²) in [4.78, 5) is 19.3. The van der Waals surface area contributed by atoms with E-state index in [1.54, 1.807) is 23.9 Å². The molecule has 0 atom stereocenters. The van der Waals surface area contributed by atoms with Gasteiger partial charge in [-0.2, -0.15) is 16.7 Å². The molecule has 0 aliphatic carbocycles. The molecule has 2 aromatic carbocycles. The van der Waals surface area contributed by atoms with Gasteiger partial charge in [-0.3, -0.25) is 9.69 Å². The Morgan fingerprint density at radius 2 is 2.03 bits per heavy atom. The third-order valence-electron chi connectivity index (χ3n) is 6.03. The maximum Gasteiger partial charge on any atom is 0.241 e. The molecule has 0 spiro atoms. The summed E-state index contributed by atoms with van der Waals surface area (Å²) in [5, 5.41) is 7.58. The van der Waals surface area contributed by atoms with Crippen molar-refractivity contribution in [2.75, 3.05) is 25.4 Å². The molecule has 1 aliphatic rings. The van der Waals surface area contributed by atoms with Gasteiger partial charge in [0.05, 0.1) is 6.54 Å². The Morgan fingerprint density at radius 3 is 2.79 bits per heavy atom. The third kappa shape index (κ3) is 6.37. The van der Waals surface area contributed by atoms with Crippen molar-refractivity contribution in [2.24, 2.45) is 5.92 Å². The highest BCUT2D eigenvalue weighted by atomic mass is 35.5. The number of piperidine rings is 1. The molecule has 4 rings (SSSR count). The summed E-state index contributed by atoms with van der Waals surface area (Å²) in [5.74, 6) is 2.20. The van der Waals surface area contributed by atoms with Gasteiger partial charge in [0.25, 0.3) is 0 Å². The predicted octanol–water partition coefficient (Wildman–Crippen LogP) is 5.10. The van der Waals surface area contributed by atoms with E-state index in [9.17, 15) is 9.18 Å². The van der Waals surface area contributed by atoms with Gasteiger partial charge in [-0.25, -0.2) is 4.39 Å². The molecule has 1 amide bonds.